The highest BCUT2D eigenvalue weighted by molar-refractivity contribution is 7.98. The molecule has 1 atom stereocenters. The fourth-order valence-corrected chi connectivity index (χ4v) is 6.79. The molecule has 0 saturated heterocycles. The Balaban J connectivity index is 1.46. The maximum atomic E-state index is 13.2. The third kappa shape index (κ3) is 6.17. The molecule has 2 aliphatic rings. The lowest BCUT2D eigenvalue weighted by molar-refractivity contribution is -0.121. The highest BCUT2D eigenvalue weighted by Gasteiger charge is 2.47. The van der Waals surface area contributed by atoms with Crippen molar-refractivity contribution in [3.8, 4) is 11.5 Å². The lowest BCUT2D eigenvalue weighted by Gasteiger charge is -2.38. The monoisotopic (exact) mass is 591 g/mol. The summed E-state index contributed by atoms with van der Waals surface area (Å²) in [6, 6.07) is 3.66. The van der Waals surface area contributed by atoms with Crippen LogP contribution in [0.1, 0.15) is 59.8 Å². The number of amides is 2. The fraction of sp³-hybridized carbons (Fsp3) is 0.536. The molecular formula is C28H38ClN3O5SSi. The average molecular weight is 592 g/mol. The van der Waals surface area contributed by atoms with Crippen molar-refractivity contribution >= 4 is 42.9 Å². The smallest absolute Gasteiger partial charge is 0.254 e. The van der Waals surface area contributed by atoms with E-state index in [9.17, 15) is 14.4 Å². The standard InChI is InChI=1S/C28H38ClN3O5SSi/c1-15-12-22(38-4)20(26(34)31-15)14-30-25(33)19-13-21(29)24-23(16(19)2)36-28(3,37-24)17-8-10-18(11-9-17)32-27(35)39(5,6)7/h12-13,17-18H,8-11,14H2,1-7H3,(H,30,33)(H,31,34)(H,32,35)/t17?,18?,28-/m1/s1. The van der Waals surface area contributed by atoms with Crippen LogP contribution in [0.25, 0.3) is 0 Å². The van der Waals surface area contributed by atoms with Crippen molar-refractivity contribution in [2.45, 2.75) is 89.4 Å². The number of fused-ring (bicyclic) bond motifs is 1. The number of nitrogens with one attached hydrogen (secondary N) is 3. The van der Waals surface area contributed by atoms with Gasteiger partial charge in [-0.05, 0) is 57.9 Å². The number of hydrogen-bond donors (Lipinski definition) is 3. The maximum absolute atomic E-state index is 13.2. The summed E-state index contributed by atoms with van der Waals surface area (Å²) < 4.78 is 12.7. The Morgan fingerprint density at radius 3 is 2.38 bits per heavy atom. The zero-order valence-electron chi connectivity index (χ0n) is 23.7. The number of pyridine rings is 1. The molecule has 8 nitrogen and oxygen atoms in total. The minimum atomic E-state index is -1.87. The van der Waals surface area contributed by atoms with Gasteiger partial charge in [-0.25, -0.2) is 0 Å². The molecule has 3 N–H and O–H groups in total. The van der Waals surface area contributed by atoms with E-state index in [1.54, 1.807) is 6.07 Å². The molecule has 1 aliphatic heterocycles. The highest BCUT2D eigenvalue weighted by atomic mass is 35.5. The number of aryl methyl sites for hydroxylation is 1. The minimum absolute atomic E-state index is 0.0886. The number of aromatic amines is 1. The van der Waals surface area contributed by atoms with Crippen LogP contribution < -0.4 is 25.7 Å². The molecule has 2 aromatic rings. The van der Waals surface area contributed by atoms with Crippen LogP contribution in [0.4, 0.5) is 4.79 Å². The van der Waals surface area contributed by atoms with Crippen LogP contribution in [0.5, 0.6) is 11.5 Å². The van der Waals surface area contributed by atoms with Crippen LogP contribution in [0.2, 0.25) is 24.7 Å². The molecule has 0 radical (unpaired) electrons. The van der Waals surface area contributed by atoms with Gasteiger partial charge in [-0.2, -0.15) is 0 Å². The van der Waals surface area contributed by atoms with Crippen LogP contribution in [-0.2, 0) is 6.54 Å². The van der Waals surface area contributed by atoms with Crippen molar-refractivity contribution in [1.82, 2.24) is 15.6 Å². The van der Waals surface area contributed by atoms with Gasteiger partial charge in [-0.3, -0.25) is 14.4 Å². The molecule has 212 valence electrons. The summed E-state index contributed by atoms with van der Waals surface area (Å²) in [5, 5.41) is 6.40. The summed E-state index contributed by atoms with van der Waals surface area (Å²) in [7, 11) is -1.87. The molecular weight excluding hydrogens is 554 g/mol. The van der Waals surface area contributed by atoms with E-state index in [2.05, 4.69) is 35.3 Å². The van der Waals surface area contributed by atoms with Gasteiger partial charge in [0, 0.05) is 52.7 Å². The van der Waals surface area contributed by atoms with E-state index >= 15 is 0 Å². The summed E-state index contributed by atoms with van der Waals surface area (Å²) in [4.78, 5) is 41.8. The van der Waals surface area contributed by atoms with Gasteiger partial charge in [0.2, 0.25) is 0 Å². The van der Waals surface area contributed by atoms with Crippen molar-refractivity contribution < 1.29 is 19.1 Å². The van der Waals surface area contributed by atoms with E-state index in [0.717, 1.165) is 36.3 Å². The van der Waals surface area contributed by atoms with E-state index in [-0.39, 0.29) is 35.5 Å². The molecule has 2 heterocycles. The van der Waals surface area contributed by atoms with Crippen LogP contribution in [0, 0.1) is 19.8 Å². The lowest BCUT2D eigenvalue weighted by Crippen LogP contribution is -2.50. The van der Waals surface area contributed by atoms with Gasteiger partial charge in [0.15, 0.2) is 25.1 Å². The number of aromatic nitrogens is 1. The van der Waals surface area contributed by atoms with Crippen molar-refractivity contribution in [3.05, 3.63) is 49.9 Å². The summed E-state index contributed by atoms with van der Waals surface area (Å²) in [6.07, 6.45) is 5.29. The molecule has 11 heteroatoms. The van der Waals surface area contributed by atoms with Crippen LogP contribution in [0.3, 0.4) is 0 Å². The number of benzene rings is 1. The molecule has 39 heavy (non-hydrogen) atoms. The quantitative estimate of drug-likeness (QED) is 0.270. The first-order valence-corrected chi connectivity index (χ1v) is 18.4. The lowest BCUT2D eigenvalue weighted by atomic mass is 9.81. The van der Waals surface area contributed by atoms with Gasteiger partial charge in [-0.1, -0.05) is 31.2 Å². The van der Waals surface area contributed by atoms with Gasteiger partial charge in [0.05, 0.1) is 5.02 Å². The molecule has 1 fully saturated rings. The second-order valence-corrected chi connectivity index (χ2v) is 17.9. The molecule has 0 spiro atoms. The van der Waals surface area contributed by atoms with E-state index in [0.29, 0.717) is 33.2 Å². The Hall–Kier alpha value is -2.43. The SMILES string of the molecule is CSc1cc(C)[nH]c(=O)c1CNC(=O)c1cc(Cl)c2c(c1C)O[C@@](C)(C1CCC(NC(=O)[Si](C)(C)C)CC1)O2. The first-order chi connectivity index (χ1) is 18.2. The van der Waals surface area contributed by atoms with E-state index in [1.165, 1.54) is 11.8 Å². The number of H-pyrrole nitrogens is 1. The zero-order valence-corrected chi connectivity index (χ0v) is 26.2. The number of thioether (sulfide) groups is 1. The molecule has 4 rings (SSSR count). The second kappa shape index (κ2) is 11.2. The fourth-order valence-electron chi connectivity index (χ4n) is 5.21. The number of hydrogen-bond acceptors (Lipinski definition) is 6. The zero-order chi connectivity index (χ0) is 28.7. The van der Waals surface area contributed by atoms with Gasteiger partial charge < -0.3 is 25.1 Å². The third-order valence-corrected chi connectivity index (χ3v) is 10.2. The van der Waals surface area contributed by atoms with E-state index in [1.807, 2.05) is 33.1 Å². The van der Waals surface area contributed by atoms with Gasteiger partial charge >= 0.3 is 0 Å². The first-order valence-electron chi connectivity index (χ1n) is 13.3. The summed E-state index contributed by atoms with van der Waals surface area (Å²) in [5.41, 5.74) is 2.27. The Morgan fingerprint density at radius 1 is 1.13 bits per heavy atom. The molecule has 2 amide bonds. The maximum Gasteiger partial charge on any atom is 0.254 e. The van der Waals surface area contributed by atoms with Crippen molar-refractivity contribution in [2.24, 2.45) is 5.92 Å². The van der Waals surface area contributed by atoms with Crippen LogP contribution in [-0.4, -0.2) is 42.6 Å². The highest BCUT2D eigenvalue weighted by Crippen LogP contribution is 2.51. The van der Waals surface area contributed by atoms with Crippen molar-refractivity contribution in [2.75, 3.05) is 6.26 Å². The topological polar surface area (TPSA) is 110 Å². The number of rotatable bonds is 7. The predicted octanol–water partition coefficient (Wildman–Crippen LogP) is 5.97. The first kappa shape index (κ1) is 29.5. The van der Waals surface area contributed by atoms with E-state index < -0.39 is 13.9 Å². The number of carbonyl (C=O) groups excluding carboxylic acids is 2. The van der Waals surface area contributed by atoms with E-state index in [4.69, 9.17) is 21.1 Å². The Kier molecular flexibility index (Phi) is 8.49. The molecule has 1 aromatic carbocycles. The van der Waals surface area contributed by atoms with Gasteiger partial charge in [0.25, 0.3) is 17.3 Å². The number of ether oxygens (including phenoxy) is 2. The van der Waals surface area contributed by atoms with Crippen LogP contribution >= 0.6 is 23.4 Å². The summed E-state index contributed by atoms with van der Waals surface area (Å²) >= 11 is 8.06. The molecule has 1 aliphatic carbocycles. The van der Waals surface area contributed by atoms with Crippen molar-refractivity contribution in [1.29, 1.82) is 0 Å². The van der Waals surface area contributed by atoms with Gasteiger partial charge in [-0.15, -0.1) is 11.8 Å². The molecule has 0 unspecified atom stereocenters. The normalized spacial score (nSPS) is 22.5. The largest absolute Gasteiger partial charge is 0.448 e. The van der Waals surface area contributed by atoms with Crippen LogP contribution in [0.15, 0.2) is 21.8 Å². The third-order valence-electron chi connectivity index (χ3n) is 7.65. The number of halogens is 1. The Bertz CT molecular complexity index is 1350. The summed E-state index contributed by atoms with van der Waals surface area (Å²) in [5.74, 6) is -0.234. The summed E-state index contributed by atoms with van der Waals surface area (Å²) in [6.45, 7) is 11.8. The molecule has 0 bridgehead atoms. The number of carbonyl (C=O) groups is 2. The second-order valence-electron chi connectivity index (χ2n) is 11.7. The Morgan fingerprint density at radius 2 is 1.77 bits per heavy atom. The molecule has 1 saturated carbocycles. The predicted molar refractivity (Wildman–Crippen MR) is 158 cm³/mol. The average Bonchev–Trinajstić information content (AvgIpc) is 3.24. The minimum Gasteiger partial charge on any atom is -0.448 e. The van der Waals surface area contributed by atoms with Gasteiger partial charge in [0.1, 0.15) is 0 Å². The molecule has 1 aromatic heterocycles. The Labute approximate surface area is 240 Å². The van der Waals surface area contributed by atoms with Crippen molar-refractivity contribution in [3.63, 3.8) is 0 Å².